The van der Waals surface area contributed by atoms with E-state index in [1.165, 1.54) is 30.0 Å². The average Bonchev–Trinajstić information content (AvgIpc) is 2.71. The lowest BCUT2D eigenvalue weighted by molar-refractivity contribution is 0.0689. The standard InChI is InChI=1S/C12H11FN2O3.BrH/c1-15-10(6-9(14-15)12(16)17)7-4-3-5-8(13)11(7)18-2;/h3-6H,1-2H3,(H,16,17);1H. The summed E-state index contributed by atoms with van der Waals surface area (Å²) in [5.74, 6) is -1.57. The van der Waals surface area contributed by atoms with Gasteiger partial charge in [-0.3, -0.25) is 4.68 Å². The predicted octanol–water partition coefficient (Wildman–Crippen LogP) is 2.51. The summed E-state index contributed by atoms with van der Waals surface area (Å²) >= 11 is 0. The van der Waals surface area contributed by atoms with Gasteiger partial charge in [0, 0.05) is 12.6 Å². The van der Waals surface area contributed by atoms with Gasteiger partial charge in [0.05, 0.1) is 12.8 Å². The van der Waals surface area contributed by atoms with Gasteiger partial charge >= 0.3 is 5.97 Å². The SMILES string of the molecule is Br.COc1c(F)cccc1-c1cc(C(=O)O)nn1C. The molecule has 102 valence electrons. The molecule has 2 rings (SSSR count). The first kappa shape index (κ1) is 15.2. The molecule has 0 aliphatic heterocycles. The molecule has 1 aromatic carbocycles. The monoisotopic (exact) mass is 330 g/mol. The largest absolute Gasteiger partial charge is 0.493 e. The fourth-order valence-electron chi connectivity index (χ4n) is 1.74. The van der Waals surface area contributed by atoms with Crippen LogP contribution in [0.5, 0.6) is 5.75 Å². The van der Waals surface area contributed by atoms with Gasteiger partial charge in [-0.15, -0.1) is 17.0 Å². The molecule has 0 amide bonds. The fourth-order valence-corrected chi connectivity index (χ4v) is 1.74. The van der Waals surface area contributed by atoms with Crippen LogP contribution in [0, 0.1) is 5.82 Å². The third-order valence-electron chi connectivity index (χ3n) is 2.55. The zero-order valence-corrected chi connectivity index (χ0v) is 12.0. The van der Waals surface area contributed by atoms with E-state index < -0.39 is 11.8 Å². The van der Waals surface area contributed by atoms with E-state index in [0.717, 1.165) is 0 Å². The smallest absolute Gasteiger partial charge is 0.356 e. The third kappa shape index (κ3) is 2.76. The number of aryl methyl sites for hydroxylation is 1. The van der Waals surface area contributed by atoms with Crippen LogP contribution in [0.15, 0.2) is 24.3 Å². The molecule has 0 unspecified atom stereocenters. The Bertz CT molecular complexity index is 613. The number of benzene rings is 1. The molecule has 0 fully saturated rings. The van der Waals surface area contributed by atoms with Gasteiger partial charge in [0.15, 0.2) is 17.3 Å². The van der Waals surface area contributed by atoms with Crippen molar-refractivity contribution >= 4 is 23.0 Å². The van der Waals surface area contributed by atoms with Gasteiger partial charge in [0.25, 0.3) is 0 Å². The van der Waals surface area contributed by atoms with Crippen molar-refractivity contribution < 1.29 is 19.0 Å². The Morgan fingerprint density at radius 2 is 2.16 bits per heavy atom. The van der Waals surface area contributed by atoms with Crippen LogP contribution in [0.4, 0.5) is 4.39 Å². The minimum absolute atomic E-state index is 0. The first-order valence-corrected chi connectivity index (χ1v) is 5.14. The van der Waals surface area contributed by atoms with E-state index in [1.54, 1.807) is 13.1 Å². The maximum absolute atomic E-state index is 13.6. The lowest BCUT2D eigenvalue weighted by Crippen LogP contribution is -2.00. The zero-order valence-electron chi connectivity index (χ0n) is 10.3. The summed E-state index contributed by atoms with van der Waals surface area (Å²) in [5.41, 5.74) is 0.836. The van der Waals surface area contributed by atoms with E-state index in [2.05, 4.69) is 5.10 Å². The molecule has 0 aliphatic carbocycles. The average molecular weight is 331 g/mol. The number of halogens is 2. The highest BCUT2D eigenvalue weighted by molar-refractivity contribution is 8.93. The molecule has 1 N–H and O–H groups in total. The van der Waals surface area contributed by atoms with Crippen LogP contribution in [-0.4, -0.2) is 28.0 Å². The van der Waals surface area contributed by atoms with Crippen molar-refractivity contribution in [2.45, 2.75) is 0 Å². The van der Waals surface area contributed by atoms with E-state index in [0.29, 0.717) is 11.3 Å². The lowest BCUT2D eigenvalue weighted by atomic mass is 10.1. The summed E-state index contributed by atoms with van der Waals surface area (Å²) in [6.45, 7) is 0. The molecule has 0 saturated heterocycles. The number of aromatic nitrogens is 2. The number of carboxylic acid groups (broad SMARTS) is 1. The number of carbonyl (C=O) groups is 1. The number of aromatic carboxylic acids is 1. The molecule has 5 nitrogen and oxygen atoms in total. The zero-order chi connectivity index (χ0) is 13.3. The molecule has 1 heterocycles. The van der Waals surface area contributed by atoms with Crippen molar-refractivity contribution in [2.75, 3.05) is 7.11 Å². The lowest BCUT2D eigenvalue weighted by Gasteiger charge is -2.08. The normalized spacial score (nSPS) is 9.84. The van der Waals surface area contributed by atoms with Crippen LogP contribution in [-0.2, 0) is 7.05 Å². The van der Waals surface area contributed by atoms with Gasteiger partial charge in [-0.05, 0) is 18.2 Å². The van der Waals surface area contributed by atoms with Crippen molar-refractivity contribution in [1.82, 2.24) is 9.78 Å². The Hall–Kier alpha value is -1.89. The van der Waals surface area contributed by atoms with E-state index in [1.807, 2.05) is 0 Å². The minimum Gasteiger partial charge on any atom is -0.493 e. The summed E-state index contributed by atoms with van der Waals surface area (Å²) < 4.78 is 19.9. The Morgan fingerprint density at radius 3 is 2.68 bits per heavy atom. The van der Waals surface area contributed by atoms with Gasteiger partial charge in [0.1, 0.15) is 0 Å². The highest BCUT2D eigenvalue weighted by Crippen LogP contribution is 2.32. The number of methoxy groups -OCH3 is 1. The molecule has 0 aliphatic rings. The highest BCUT2D eigenvalue weighted by atomic mass is 79.9. The third-order valence-corrected chi connectivity index (χ3v) is 2.55. The molecule has 19 heavy (non-hydrogen) atoms. The fraction of sp³-hybridized carbons (Fsp3) is 0.167. The molecule has 7 heteroatoms. The molecular formula is C12H12BrFN2O3. The van der Waals surface area contributed by atoms with E-state index >= 15 is 0 Å². The van der Waals surface area contributed by atoms with Crippen LogP contribution < -0.4 is 4.74 Å². The summed E-state index contributed by atoms with van der Waals surface area (Å²) in [7, 11) is 2.95. The molecule has 0 radical (unpaired) electrons. The quantitative estimate of drug-likeness (QED) is 0.939. The maximum atomic E-state index is 13.6. The van der Waals surface area contributed by atoms with Crippen molar-refractivity contribution in [2.24, 2.45) is 7.05 Å². The molecule has 1 aromatic heterocycles. The van der Waals surface area contributed by atoms with E-state index in [4.69, 9.17) is 9.84 Å². The Balaban J connectivity index is 0.00000180. The highest BCUT2D eigenvalue weighted by Gasteiger charge is 2.17. The van der Waals surface area contributed by atoms with E-state index in [9.17, 15) is 9.18 Å². The Labute approximate surface area is 119 Å². The van der Waals surface area contributed by atoms with Gasteiger partial charge in [-0.1, -0.05) is 6.07 Å². The number of nitrogens with zero attached hydrogens (tertiary/aromatic N) is 2. The van der Waals surface area contributed by atoms with Gasteiger partial charge in [-0.2, -0.15) is 5.10 Å². The van der Waals surface area contributed by atoms with Crippen molar-refractivity contribution in [3.63, 3.8) is 0 Å². The molecule has 0 bridgehead atoms. The maximum Gasteiger partial charge on any atom is 0.356 e. The Kier molecular flexibility index (Phi) is 4.66. The molecule has 0 saturated carbocycles. The summed E-state index contributed by atoms with van der Waals surface area (Å²) in [6, 6.07) is 5.82. The van der Waals surface area contributed by atoms with Crippen molar-refractivity contribution in [1.29, 1.82) is 0 Å². The van der Waals surface area contributed by atoms with Crippen LogP contribution in [0.25, 0.3) is 11.3 Å². The topological polar surface area (TPSA) is 64.3 Å². The molecule has 0 spiro atoms. The minimum atomic E-state index is -1.13. The number of para-hydroxylation sites is 1. The summed E-state index contributed by atoms with van der Waals surface area (Å²) in [6.07, 6.45) is 0. The predicted molar refractivity (Wildman–Crippen MR) is 72.4 cm³/mol. The van der Waals surface area contributed by atoms with Crippen LogP contribution >= 0.6 is 17.0 Å². The number of ether oxygens (including phenoxy) is 1. The van der Waals surface area contributed by atoms with Gasteiger partial charge in [-0.25, -0.2) is 9.18 Å². The molecular weight excluding hydrogens is 319 g/mol. The summed E-state index contributed by atoms with van der Waals surface area (Å²) in [5, 5.41) is 12.7. The van der Waals surface area contributed by atoms with Crippen molar-refractivity contribution in [3.05, 3.63) is 35.8 Å². The van der Waals surface area contributed by atoms with Crippen LogP contribution in [0.3, 0.4) is 0 Å². The molecule has 0 atom stereocenters. The first-order valence-electron chi connectivity index (χ1n) is 5.14. The second-order valence-electron chi connectivity index (χ2n) is 3.66. The number of carboxylic acids is 1. The van der Waals surface area contributed by atoms with Gasteiger partial charge < -0.3 is 9.84 Å². The van der Waals surface area contributed by atoms with Gasteiger partial charge in [0.2, 0.25) is 0 Å². The first-order chi connectivity index (χ1) is 8.54. The molecule has 2 aromatic rings. The van der Waals surface area contributed by atoms with E-state index in [-0.39, 0.29) is 28.4 Å². The second kappa shape index (κ2) is 5.83. The number of rotatable bonds is 3. The Morgan fingerprint density at radius 1 is 1.47 bits per heavy atom. The number of hydrogen-bond donors (Lipinski definition) is 1. The van der Waals surface area contributed by atoms with Crippen molar-refractivity contribution in [3.8, 4) is 17.0 Å². The van der Waals surface area contributed by atoms with Crippen LogP contribution in [0.2, 0.25) is 0 Å². The summed E-state index contributed by atoms with van der Waals surface area (Å²) in [4.78, 5) is 10.8. The second-order valence-corrected chi connectivity index (χ2v) is 3.66. The number of hydrogen-bond acceptors (Lipinski definition) is 3. The van der Waals surface area contributed by atoms with Crippen LogP contribution in [0.1, 0.15) is 10.5 Å².